The highest BCUT2D eigenvalue weighted by atomic mass is 16.5. The first-order valence-corrected chi connectivity index (χ1v) is 6.36. The number of nitrogens with zero attached hydrogens (tertiary/aromatic N) is 2. The van der Waals surface area contributed by atoms with Crippen molar-refractivity contribution in [3.63, 3.8) is 0 Å². The van der Waals surface area contributed by atoms with Gasteiger partial charge in [-0.3, -0.25) is 4.79 Å². The quantitative estimate of drug-likeness (QED) is 0.845. The normalized spacial score (nSPS) is 22.1. The second kappa shape index (κ2) is 4.48. The molecule has 3 rings (SSSR count). The first kappa shape index (κ1) is 11.3. The number of nitrogens with one attached hydrogen (secondary N) is 1. The number of hydrogen-bond donors (Lipinski definition) is 1. The van der Waals surface area contributed by atoms with Crippen LogP contribution in [-0.4, -0.2) is 28.1 Å². The van der Waals surface area contributed by atoms with Gasteiger partial charge in [0.25, 0.3) is 5.91 Å². The van der Waals surface area contributed by atoms with E-state index in [1.807, 2.05) is 13.1 Å². The van der Waals surface area contributed by atoms with Crippen LogP contribution in [0.4, 0.5) is 0 Å². The number of rotatable bonds is 2. The third-order valence-corrected chi connectivity index (χ3v) is 3.45. The Labute approximate surface area is 106 Å². The second-order valence-electron chi connectivity index (χ2n) is 4.92. The Hall–Kier alpha value is -1.78. The summed E-state index contributed by atoms with van der Waals surface area (Å²) in [5.74, 6) is 1.14. The van der Waals surface area contributed by atoms with Crippen LogP contribution in [0.5, 0.6) is 0 Å². The van der Waals surface area contributed by atoms with Crippen molar-refractivity contribution in [2.75, 3.05) is 6.61 Å². The number of imidazole rings is 1. The van der Waals surface area contributed by atoms with Crippen LogP contribution in [0.2, 0.25) is 0 Å². The van der Waals surface area contributed by atoms with Gasteiger partial charge in [-0.2, -0.15) is 0 Å². The molecule has 1 aromatic heterocycles. The van der Waals surface area contributed by atoms with E-state index >= 15 is 0 Å². The van der Waals surface area contributed by atoms with E-state index in [0.717, 1.165) is 36.5 Å². The first-order valence-electron chi connectivity index (χ1n) is 6.36. The van der Waals surface area contributed by atoms with Gasteiger partial charge in [-0.1, -0.05) is 0 Å². The largest absolute Gasteiger partial charge is 0.500 e. The van der Waals surface area contributed by atoms with Crippen molar-refractivity contribution >= 4 is 5.91 Å². The van der Waals surface area contributed by atoms with Gasteiger partial charge in [0.2, 0.25) is 0 Å². The monoisotopic (exact) mass is 247 g/mol. The maximum atomic E-state index is 11.9. The van der Waals surface area contributed by atoms with E-state index in [0.29, 0.717) is 13.0 Å². The van der Waals surface area contributed by atoms with E-state index in [1.54, 1.807) is 6.26 Å². The van der Waals surface area contributed by atoms with E-state index in [4.69, 9.17) is 4.74 Å². The van der Waals surface area contributed by atoms with Gasteiger partial charge in [-0.25, -0.2) is 4.98 Å². The minimum atomic E-state index is 0.0118. The predicted octanol–water partition coefficient (Wildman–Crippen LogP) is 0.927. The van der Waals surface area contributed by atoms with Crippen LogP contribution in [0.15, 0.2) is 18.0 Å². The van der Waals surface area contributed by atoms with Gasteiger partial charge < -0.3 is 14.6 Å². The fourth-order valence-corrected chi connectivity index (χ4v) is 2.54. The van der Waals surface area contributed by atoms with E-state index < -0.39 is 0 Å². The van der Waals surface area contributed by atoms with Gasteiger partial charge in [0.15, 0.2) is 0 Å². The fourth-order valence-electron chi connectivity index (χ4n) is 2.54. The van der Waals surface area contributed by atoms with Crippen molar-refractivity contribution in [3.05, 3.63) is 29.6 Å². The average Bonchev–Trinajstić information content (AvgIpc) is 2.95. The average molecular weight is 247 g/mol. The number of ether oxygens (including phenoxy) is 1. The van der Waals surface area contributed by atoms with Crippen molar-refractivity contribution in [3.8, 4) is 0 Å². The van der Waals surface area contributed by atoms with Gasteiger partial charge in [0.1, 0.15) is 5.82 Å². The Morgan fingerprint density at radius 2 is 2.44 bits per heavy atom. The molecule has 1 atom stereocenters. The van der Waals surface area contributed by atoms with Gasteiger partial charge in [0, 0.05) is 31.6 Å². The highest BCUT2D eigenvalue weighted by Crippen LogP contribution is 2.16. The highest BCUT2D eigenvalue weighted by Gasteiger charge is 2.23. The van der Waals surface area contributed by atoms with Gasteiger partial charge >= 0.3 is 0 Å². The summed E-state index contributed by atoms with van der Waals surface area (Å²) in [4.78, 5) is 16.4. The fraction of sp³-hybridized carbons (Fsp3) is 0.538. The summed E-state index contributed by atoms with van der Waals surface area (Å²) in [6.45, 7) is 3.44. The molecule has 5 heteroatoms. The zero-order valence-corrected chi connectivity index (χ0v) is 10.5. The van der Waals surface area contributed by atoms with Gasteiger partial charge in [0.05, 0.1) is 24.1 Å². The molecule has 2 aliphatic heterocycles. The van der Waals surface area contributed by atoms with Crippen molar-refractivity contribution in [1.29, 1.82) is 0 Å². The van der Waals surface area contributed by atoms with Crippen LogP contribution >= 0.6 is 0 Å². The van der Waals surface area contributed by atoms with Gasteiger partial charge in [-0.05, 0) is 13.3 Å². The summed E-state index contributed by atoms with van der Waals surface area (Å²) >= 11 is 0. The van der Waals surface area contributed by atoms with E-state index in [9.17, 15) is 4.79 Å². The van der Waals surface area contributed by atoms with Crippen LogP contribution in [0.3, 0.4) is 0 Å². The Morgan fingerprint density at radius 3 is 3.22 bits per heavy atom. The summed E-state index contributed by atoms with van der Waals surface area (Å²) in [6.07, 6.45) is 6.22. The highest BCUT2D eigenvalue weighted by molar-refractivity contribution is 5.93. The van der Waals surface area contributed by atoms with Crippen LogP contribution in [0, 0.1) is 6.92 Å². The first-order chi connectivity index (χ1) is 8.72. The summed E-state index contributed by atoms with van der Waals surface area (Å²) in [5.41, 5.74) is 1.80. The maximum Gasteiger partial charge on any atom is 0.250 e. The van der Waals surface area contributed by atoms with Crippen LogP contribution in [0.1, 0.15) is 24.4 Å². The molecule has 0 bridgehead atoms. The van der Waals surface area contributed by atoms with Crippen LogP contribution in [-0.2, 0) is 22.5 Å². The molecule has 0 unspecified atom stereocenters. The summed E-state index contributed by atoms with van der Waals surface area (Å²) < 4.78 is 7.23. The Morgan fingerprint density at radius 1 is 1.56 bits per heavy atom. The van der Waals surface area contributed by atoms with Gasteiger partial charge in [-0.15, -0.1) is 0 Å². The molecule has 1 amide bonds. The molecule has 0 radical (unpaired) electrons. The number of carbonyl (C=O) groups excluding carboxylic acids is 1. The molecule has 1 N–H and O–H groups in total. The van der Waals surface area contributed by atoms with Crippen LogP contribution < -0.4 is 5.32 Å². The van der Waals surface area contributed by atoms with Crippen LogP contribution in [0.25, 0.3) is 0 Å². The van der Waals surface area contributed by atoms with Crippen molar-refractivity contribution in [2.24, 2.45) is 0 Å². The van der Waals surface area contributed by atoms with Crippen molar-refractivity contribution in [2.45, 2.75) is 38.8 Å². The number of aryl methyl sites for hydroxylation is 2. The Balaban J connectivity index is 1.64. The molecule has 0 spiro atoms. The molecular weight excluding hydrogens is 230 g/mol. The summed E-state index contributed by atoms with van der Waals surface area (Å²) in [6, 6.07) is 0.195. The van der Waals surface area contributed by atoms with E-state index in [2.05, 4.69) is 14.9 Å². The third-order valence-electron chi connectivity index (χ3n) is 3.45. The Kier molecular flexibility index (Phi) is 2.81. The molecule has 0 saturated heterocycles. The van der Waals surface area contributed by atoms with Crippen molar-refractivity contribution < 1.29 is 9.53 Å². The number of carbonyl (C=O) groups is 1. The molecule has 18 heavy (non-hydrogen) atoms. The molecule has 3 heterocycles. The third kappa shape index (κ3) is 2.12. The summed E-state index contributed by atoms with van der Waals surface area (Å²) in [5, 5.41) is 3.08. The molecule has 0 saturated carbocycles. The predicted molar refractivity (Wildman–Crippen MR) is 65.9 cm³/mol. The number of amides is 1. The summed E-state index contributed by atoms with van der Waals surface area (Å²) in [7, 11) is 0. The number of hydrogen-bond acceptors (Lipinski definition) is 3. The molecule has 5 nitrogen and oxygen atoms in total. The standard InChI is InChI=1S/C13H17N3O2/c1-9-6-16-7-11(2-3-12(16)14-9)15-13(17)10-4-5-18-8-10/h6,8,11H,2-5,7H2,1H3,(H,15,17)/t11-/m0/s1. The topological polar surface area (TPSA) is 56.2 Å². The SMILES string of the molecule is Cc1cn2c(n1)CC[C@H](NC(=O)C1=COCC1)C2. The lowest BCUT2D eigenvalue weighted by atomic mass is 10.1. The van der Waals surface area contributed by atoms with Crippen molar-refractivity contribution in [1.82, 2.24) is 14.9 Å². The lowest BCUT2D eigenvalue weighted by Gasteiger charge is -2.24. The molecule has 0 aromatic carbocycles. The molecule has 2 aliphatic rings. The molecule has 0 aliphatic carbocycles. The number of aromatic nitrogens is 2. The molecule has 0 fully saturated rings. The lowest BCUT2D eigenvalue weighted by molar-refractivity contribution is -0.118. The molecule has 1 aromatic rings. The molecular formula is C13H17N3O2. The molecule has 96 valence electrons. The Bertz CT molecular complexity index is 504. The lowest BCUT2D eigenvalue weighted by Crippen LogP contribution is -2.41. The second-order valence-corrected chi connectivity index (χ2v) is 4.92. The minimum absolute atomic E-state index is 0.0118. The number of fused-ring (bicyclic) bond motifs is 1. The zero-order chi connectivity index (χ0) is 12.5. The smallest absolute Gasteiger partial charge is 0.250 e. The van der Waals surface area contributed by atoms with E-state index in [-0.39, 0.29) is 11.9 Å². The minimum Gasteiger partial charge on any atom is -0.500 e. The maximum absolute atomic E-state index is 11.9. The van der Waals surface area contributed by atoms with E-state index in [1.165, 1.54) is 0 Å². The zero-order valence-electron chi connectivity index (χ0n) is 10.5.